The summed E-state index contributed by atoms with van der Waals surface area (Å²) in [7, 11) is 1.96. The van der Waals surface area contributed by atoms with E-state index in [-0.39, 0.29) is 11.8 Å². The minimum atomic E-state index is -0.330. The number of anilines is 1. The lowest BCUT2D eigenvalue weighted by Gasteiger charge is -2.08. The Morgan fingerprint density at radius 1 is 1.10 bits per heavy atom. The van der Waals surface area contributed by atoms with Gasteiger partial charge in [-0.1, -0.05) is 30.3 Å². The van der Waals surface area contributed by atoms with Crippen LogP contribution < -0.4 is 5.32 Å². The molecule has 3 aromatic rings. The molecule has 0 saturated carbocycles. The third-order valence-electron chi connectivity index (χ3n) is 3.87. The van der Waals surface area contributed by atoms with Gasteiger partial charge in [0.05, 0.1) is 11.0 Å². The van der Waals surface area contributed by atoms with Crippen LogP contribution >= 0.6 is 0 Å². The van der Waals surface area contributed by atoms with Gasteiger partial charge >= 0.3 is 0 Å². The summed E-state index contributed by atoms with van der Waals surface area (Å²) in [5, 5.41) is 2.93. The summed E-state index contributed by atoms with van der Waals surface area (Å²) in [6, 6.07) is 15.7. The number of amides is 1. The number of aromatic nitrogens is 2. The summed E-state index contributed by atoms with van der Waals surface area (Å²) in [6.45, 7) is 0. The van der Waals surface area contributed by atoms with Crippen LogP contribution in [0.4, 0.5) is 5.69 Å². The van der Waals surface area contributed by atoms with E-state index in [1.54, 1.807) is 0 Å². The van der Waals surface area contributed by atoms with Crippen LogP contribution in [0.15, 0.2) is 48.5 Å². The molecule has 4 nitrogen and oxygen atoms in total. The van der Waals surface area contributed by atoms with Gasteiger partial charge in [-0.05, 0) is 23.8 Å². The number of nitrogens with zero attached hydrogens (tertiary/aromatic N) is 2. The van der Waals surface area contributed by atoms with E-state index in [1.165, 1.54) is 0 Å². The molecule has 20 heavy (non-hydrogen) atoms. The van der Waals surface area contributed by atoms with Gasteiger partial charge in [0.25, 0.3) is 0 Å². The first-order chi connectivity index (χ1) is 9.75. The second-order valence-corrected chi connectivity index (χ2v) is 5.03. The Balaban J connectivity index is 1.96. The van der Waals surface area contributed by atoms with Gasteiger partial charge in [0.15, 0.2) is 0 Å². The number of hydrogen-bond acceptors (Lipinski definition) is 2. The maximum absolute atomic E-state index is 12.3. The van der Waals surface area contributed by atoms with Crippen LogP contribution in [-0.2, 0) is 11.8 Å². The molecule has 0 radical (unpaired) electrons. The number of hydrogen-bond donors (Lipinski definition) is 1. The average Bonchev–Trinajstić information content (AvgIpc) is 2.96. The van der Waals surface area contributed by atoms with Crippen LogP contribution in [0.5, 0.6) is 0 Å². The number of carbonyl (C=O) groups is 1. The molecule has 1 atom stereocenters. The van der Waals surface area contributed by atoms with Crippen molar-refractivity contribution in [2.24, 2.45) is 7.05 Å². The number of para-hydroxylation sites is 3. The number of fused-ring (bicyclic) bond motifs is 2. The molecule has 4 heteroatoms. The number of aryl methyl sites for hydroxylation is 1. The second-order valence-electron chi connectivity index (χ2n) is 5.03. The van der Waals surface area contributed by atoms with Crippen molar-refractivity contribution >= 4 is 22.6 Å². The fraction of sp³-hybridized carbons (Fsp3) is 0.125. The van der Waals surface area contributed by atoms with Crippen molar-refractivity contribution in [2.75, 3.05) is 5.32 Å². The van der Waals surface area contributed by atoms with Gasteiger partial charge < -0.3 is 9.88 Å². The largest absolute Gasteiger partial charge is 0.330 e. The summed E-state index contributed by atoms with van der Waals surface area (Å²) in [6.07, 6.45) is 0. The maximum Gasteiger partial charge on any atom is 0.239 e. The quantitative estimate of drug-likeness (QED) is 0.733. The minimum absolute atomic E-state index is 0.00962. The van der Waals surface area contributed by atoms with E-state index in [0.29, 0.717) is 0 Å². The SMILES string of the molecule is Cn1c(C2C(=O)Nc3ccccc32)nc2ccccc21. The molecule has 0 saturated heterocycles. The van der Waals surface area contributed by atoms with Crippen LogP contribution in [0, 0.1) is 0 Å². The van der Waals surface area contributed by atoms with Crippen molar-refractivity contribution in [3.63, 3.8) is 0 Å². The van der Waals surface area contributed by atoms with E-state index in [9.17, 15) is 4.79 Å². The first-order valence-electron chi connectivity index (χ1n) is 6.57. The fourth-order valence-corrected chi connectivity index (χ4v) is 2.89. The monoisotopic (exact) mass is 263 g/mol. The van der Waals surface area contributed by atoms with E-state index >= 15 is 0 Å². The van der Waals surface area contributed by atoms with E-state index in [4.69, 9.17) is 0 Å². The first-order valence-corrected chi connectivity index (χ1v) is 6.57. The molecule has 0 aliphatic carbocycles. The van der Waals surface area contributed by atoms with Crippen LogP contribution in [0.25, 0.3) is 11.0 Å². The Kier molecular flexibility index (Phi) is 2.21. The highest BCUT2D eigenvalue weighted by Gasteiger charge is 2.34. The van der Waals surface area contributed by atoms with Crippen LogP contribution in [0.1, 0.15) is 17.3 Å². The van der Waals surface area contributed by atoms with Crippen molar-refractivity contribution in [3.8, 4) is 0 Å². The molecule has 0 spiro atoms. The lowest BCUT2D eigenvalue weighted by Crippen LogP contribution is -2.16. The third-order valence-corrected chi connectivity index (χ3v) is 3.87. The van der Waals surface area contributed by atoms with Gasteiger partial charge in [-0.3, -0.25) is 4.79 Å². The minimum Gasteiger partial charge on any atom is -0.330 e. The summed E-state index contributed by atoms with van der Waals surface area (Å²) in [4.78, 5) is 16.9. The van der Waals surface area contributed by atoms with Crippen molar-refractivity contribution in [3.05, 3.63) is 59.9 Å². The van der Waals surface area contributed by atoms with Crippen LogP contribution in [-0.4, -0.2) is 15.5 Å². The fourth-order valence-electron chi connectivity index (χ4n) is 2.89. The van der Waals surface area contributed by atoms with Crippen molar-refractivity contribution < 1.29 is 4.79 Å². The smallest absolute Gasteiger partial charge is 0.239 e. The van der Waals surface area contributed by atoms with Crippen molar-refractivity contribution in [1.29, 1.82) is 0 Å². The summed E-state index contributed by atoms with van der Waals surface area (Å²) >= 11 is 0. The maximum atomic E-state index is 12.3. The van der Waals surface area contributed by atoms with Gasteiger partial charge in [0, 0.05) is 12.7 Å². The molecule has 1 aliphatic rings. The summed E-state index contributed by atoms with van der Waals surface area (Å²) < 4.78 is 2.00. The van der Waals surface area contributed by atoms with Crippen LogP contribution in [0.3, 0.4) is 0 Å². The van der Waals surface area contributed by atoms with Crippen LogP contribution in [0.2, 0.25) is 0 Å². The van der Waals surface area contributed by atoms with Gasteiger partial charge in [0.1, 0.15) is 11.7 Å². The molecule has 1 aromatic heterocycles. The zero-order valence-electron chi connectivity index (χ0n) is 11.0. The summed E-state index contributed by atoms with van der Waals surface area (Å²) in [5.41, 5.74) is 3.84. The number of benzene rings is 2. The van der Waals surface area contributed by atoms with Gasteiger partial charge in [-0.2, -0.15) is 0 Å². The number of imidazole rings is 1. The molecule has 2 aromatic carbocycles. The van der Waals surface area contributed by atoms with E-state index in [1.807, 2.05) is 60.1 Å². The first kappa shape index (κ1) is 11.2. The van der Waals surface area contributed by atoms with Crippen molar-refractivity contribution in [1.82, 2.24) is 9.55 Å². The molecular weight excluding hydrogens is 250 g/mol. The lowest BCUT2D eigenvalue weighted by molar-refractivity contribution is -0.116. The predicted octanol–water partition coefficient (Wildman–Crippen LogP) is 2.66. The standard InChI is InChI=1S/C16H13N3O/c1-19-13-9-5-4-8-12(13)17-15(19)14-10-6-2-3-7-11(10)18-16(14)20/h2-9,14H,1H3,(H,18,20). The molecule has 1 unspecified atom stereocenters. The average molecular weight is 263 g/mol. The van der Waals surface area contributed by atoms with Gasteiger partial charge in [-0.15, -0.1) is 0 Å². The number of nitrogens with one attached hydrogen (secondary N) is 1. The van der Waals surface area contributed by atoms with Crippen molar-refractivity contribution in [2.45, 2.75) is 5.92 Å². The second kappa shape index (κ2) is 3.93. The highest BCUT2D eigenvalue weighted by Crippen LogP contribution is 2.37. The Labute approximate surface area is 116 Å². The predicted molar refractivity (Wildman–Crippen MR) is 77.6 cm³/mol. The van der Waals surface area contributed by atoms with E-state index in [2.05, 4.69) is 10.3 Å². The molecule has 2 heterocycles. The number of rotatable bonds is 1. The molecule has 98 valence electrons. The topological polar surface area (TPSA) is 46.9 Å². The van der Waals surface area contributed by atoms with E-state index in [0.717, 1.165) is 28.1 Å². The number of carbonyl (C=O) groups excluding carboxylic acids is 1. The Bertz CT molecular complexity index is 835. The third kappa shape index (κ3) is 1.42. The van der Waals surface area contributed by atoms with Gasteiger partial charge in [-0.25, -0.2) is 4.98 Å². The normalized spacial score (nSPS) is 17.2. The molecule has 0 bridgehead atoms. The van der Waals surface area contributed by atoms with E-state index < -0.39 is 0 Å². The van der Waals surface area contributed by atoms with Gasteiger partial charge in [0.2, 0.25) is 5.91 Å². The zero-order valence-corrected chi connectivity index (χ0v) is 11.0. The zero-order chi connectivity index (χ0) is 13.7. The molecule has 1 amide bonds. The molecule has 1 N–H and O–H groups in total. The Morgan fingerprint density at radius 3 is 2.70 bits per heavy atom. The lowest BCUT2D eigenvalue weighted by atomic mass is 10.00. The molecule has 4 rings (SSSR count). The molecule has 0 fully saturated rings. The Hall–Kier alpha value is -2.62. The molecule has 1 aliphatic heterocycles. The summed E-state index contributed by atoms with van der Waals surface area (Å²) in [5.74, 6) is 0.446. The Morgan fingerprint density at radius 2 is 1.85 bits per heavy atom. The molecular formula is C16H13N3O. The highest BCUT2D eigenvalue weighted by molar-refractivity contribution is 6.04. The highest BCUT2D eigenvalue weighted by atomic mass is 16.2.